The molecule has 5 unspecified atom stereocenters. The van der Waals surface area contributed by atoms with Crippen molar-refractivity contribution >= 4 is 41.4 Å². The molecule has 0 aliphatic rings. The fourth-order valence-corrected chi connectivity index (χ4v) is 3.24. The maximum absolute atomic E-state index is 12.8. The summed E-state index contributed by atoms with van der Waals surface area (Å²) in [5.74, 6) is -2.53. The summed E-state index contributed by atoms with van der Waals surface area (Å²) >= 11 is 1.47. The summed E-state index contributed by atoms with van der Waals surface area (Å²) in [5.41, 5.74) is 16.4. The molecule has 190 valence electrons. The molecule has 0 radical (unpaired) electrons. The Hall–Kier alpha value is -2.54. The van der Waals surface area contributed by atoms with Gasteiger partial charge in [0.15, 0.2) is 5.96 Å². The number of amides is 3. The monoisotopic (exact) mass is 489 g/mol. The fraction of sp³-hybridized carbons (Fsp3) is 0.750. The van der Waals surface area contributed by atoms with Crippen LogP contribution in [0.3, 0.4) is 0 Å². The molecule has 0 spiro atoms. The summed E-state index contributed by atoms with van der Waals surface area (Å²) in [4.78, 5) is 52.9. The quantitative estimate of drug-likeness (QED) is 0.0779. The van der Waals surface area contributed by atoms with E-state index in [1.807, 2.05) is 13.2 Å². The van der Waals surface area contributed by atoms with Crippen LogP contribution in [0.15, 0.2) is 4.99 Å². The predicted molar refractivity (Wildman–Crippen MR) is 129 cm³/mol. The molecule has 0 rings (SSSR count). The molecule has 0 aromatic carbocycles. The maximum Gasteiger partial charge on any atom is 0.326 e. The number of rotatable bonds is 16. The Morgan fingerprint density at radius 1 is 1.00 bits per heavy atom. The average molecular weight is 490 g/mol. The first kappa shape index (κ1) is 30.5. The van der Waals surface area contributed by atoms with Gasteiger partial charge in [0.25, 0.3) is 0 Å². The molecule has 0 aromatic heterocycles. The van der Waals surface area contributed by atoms with Crippen molar-refractivity contribution < 1.29 is 24.3 Å². The second-order valence-corrected chi connectivity index (χ2v) is 8.82. The number of hydrogen-bond donors (Lipinski definition) is 7. The summed E-state index contributed by atoms with van der Waals surface area (Å²) in [6.45, 7) is 5.44. The summed E-state index contributed by atoms with van der Waals surface area (Å²) < 4.78 is 0. The zero-order valence-electron chi connectivity index (χ0n) is 19.8. The number of aliphatic carboxylic acids is 1. The van der Waals surface area contributed by atoms with Crippen molar-refractivity contribution in [2.45, 2.75) is 70.6 Å². The largest absolute Gasteiger partial charge is 0.480 e. The molecule has 33 heavy (non-hydrogen) atoms. The van der Waals surface area contributed by atoms with Gasteiger partial charge in [-0.15, -0.1) is 0 Å². The molecular formula is C20H39N7O5S. The first-order valence-electron chi connectivity index (χ1n) is 10.9. The van der Waals surface area contributed by atoms with Crippen LogP contribution in [0.4, 0.5) is 0 Å². The molecule has 0 aliphatic heterocycles. The second-order valence-electron chi connectivity index (χ2n) is 7.84. The zero-order valence-corrected chi connectivity index (χ0v) is 20.6. The lowest BCUT2D eigenvalue weighted by Gasteiger charge is -2.27. The number of carbonyl (C=O) groups is 4. The van der Waals surface area contributed by atoms with Crippen LogP contribution in [0.2, 0.25) is 0 Å². The van der Waals surface area contributed by atoms with E-state index in [1.54, 1.807) is 6.92 Å². The average Bonchev–Trinajstić information content (AvgIpc) is 2.76. The van der Waals surface area contributed by atoms with Crippen LogP contribution in [-0.4, -0.2) is 77.5 Å². The SMILES string of the molecule is CCC(C)C(NC(=O)C(N)CCCN=C(N)N)C(=O)NC(C)C(=O)NC(CCSC)C(=O)O. The number of guanidine groups is 1. The van der Waals surface area contributed by atoms with Crippen LogP contribution in [0.1, 0.15) is 46.5 Å². The van der Waals surface area contributed by atoms with Gasteiger partial charge in [-0.2, -0.15) is 11.8 Å². The van der Waals surface area contributed by atoms with Crippen molar-refractivity contribution in [3.8, 4) is 0 Å². The highest BCUT2D eigenvalue weighted by Crippen LogP contribution is 2.10. The second kappa shape index (κ2) is 16.1. The van der Waals surface area contributed by atoms with Crippen LogP contribution in [0.5, 0.6) is 0 Å². The highest BCUT2D eigenvalue weighted by atomic mass is 32.2. The van der Waals surface area contributed by atoms with Crippen LogP contribution < -0.4 is 33.2 Å². The molecule has 0 heterocycles. The fourth-order valence-electron chi connectivity index (χ4n) is 2.77. The minimum atomic E-state index is -1.14. The van der Waals surface area contributed by atoms with E-state index in [0.717, 1.165) is 0 Å². The summed E-state index contributed by atoms with van der Waals surface area (Å²) in [6, 6.07) is -3.81. The molecule has 0 aliphatic carbocycles. The highest BCUT2D eigenvalue weighted by Gasteiger charge is 2.30. The number of nitrogens with one attached hydrogen (secondary N) is 3. The first-order valence-corrected chi connectivity index (χ1v) is 12.3. The van der Waals surface area contributed by atoms with E-state index < -0.39 is 47.9 Å². The van der Waals surface area contributed by atoms with E-state index in [2.05, 4.69) is 20.9 Å². The van der Waals surface area contributed by atoms with Crippen molar-refractivity contribution in [3.63, 3.8) is 0 Å². The van der Waals surface area contributed by atoms with E-state index in [0.29, 0.717) is 31.6 Å². The van der Waals surface area contributed by atoms with Crippen molar-refractivity contribution in [2.24, 2.45) is 28.1 Å². The summed E-state index contributed by atoms with van der Waals surface area (Å²) in [5, 5.41) is 16.9. The molecule has 13 heteroatoms. The zero-order chi connectivity index (χ0) is 25.6. The molecule has 0 bridgehead atoms. The first-order chi connectivity index (χ1) is 15.4. The van der Waals surface area contributed by atoms with Crippen molar-refractivity contribution in [3.05, 3.63) is 0 Å². The number of thioether (sulfide) groups is 1. The van der Waals surface area contributed by atoms with E-state index in [1.165, 1.54) is 18.7 Å². The van der Waals surface area contributed by atoms with Gasteiger partial charge < -0.3 is 38.3 Å². The third-order valence-corrected chi connectivity index (χ3v) is 5.72. The number of carbonyl (C=O) groups excluding carboxylic acids is 3. The molecule has 5 atom stereocenters. The number of hydrogen-bond acceptors (Lipinski definition) is 7. The van der Waals surface area contributed by atoms with Gasteiger partial charge in [0.2, 0.25) is 17.7 Å². The van der Waals surface area contributed by atoms with Crippen molar-refractivity contribution in [1.82, 2.24) is 16.0 Å². The Balaban J connectivity index is 5.00. The molecule has 3 amide bonds. The minimum Gasteiger partial charge on any atom is -0.480 e. The predicted octanol–water partition coefficient (Wildman–Crippen LogP) is -1.27. The lowest BCUT2D eigenvalue weighted by atomic mass is 9.97. The molecule has 0 saturated heterocycles. The van der Waals surface area contributed by atoms with Gasteiger partial charge in [-0.3, -0.25) is 19.4 Å². The Bertz CT molecular complexity index is 688. The van der Waals surface area contributed by atoms with Gasteiger partial charge in [0, 0.05) is 6.54 Å². The van der Waals surface area contributed by atoms with Crippen molar-refractivity contribution in [1.29, 1.82) is 0 Å². The van der Waals surface area contributed by atoms with Crippen LogP contribution in [-0.2, 0) is 19.2 Å². The smallest absolute Gasteiger partial charge is 0.326 e. The lowest BCUT2D eigenvalue weighted by Crippen LogP contribution is -2.58. The molecule has 10 N–H and O–H groups in total. The molecule has 0 fully saturated rings. The van der Waals surface area contributed by atoms with E-state index in [9.17, 15) is 24.3 Å². The van der Waals surface area contributed by atoms with E-state index in [4.69, 9.17) is 17.2 Å². The molecule has 0 saturated carbocycles. The van der Waals surface area contributed by atoms with Crippen LogP contribution in [0, 0.1) is 5.92 Å². The standard InChI is InChI=1S/C20H39N7O5S/c1-5-11(2)15(27-17(29)13(21)7-6-9-24-20(22)23)18(30)25-12(3)16(28)26-14(19(31)32)8-10-33-4/h11-15H,5-10,21H2,1-4H3,(H,25,30)(H,26,28)(H,27,29)(H,31,32)(H4,22,23,24). The van der Waals surface area contributed by atoms with Crippen molar-refractivity contribution in [2.75, 3.05) is 18.6 Å². The Morgan fingerprint density at radius 2 is 1.64 bits per heavy atom. The Kier molecular flexibility index (Phi) is 14.9. The Morgan fingerprint density at radius 3 is 2.15 bits per heavy atom. The summed E-state index contributed by atoms with van der Waals surface area (Å²) in [7, 11) is 0. The molecular weight excluding hydrogens is 450 g/mol. The molecule has 0 aromatic rings. The van der Waals surface area contributed by atoms with Gasteiger partial charge in [0.05, 0.1) is 6.04 Å². The lowest BCUT2D eigenvalue weighted by molar-refractivity contribution is -0.142. The molecule has 12 nitrogen and oxygen atoms in total. The third kappa shape index (κ3) is 12.3. The van der Waals surface area contributed by atoms with E-state index >= 15 is 0 Å². The number of carboxylic acid groups (broad SMARTS) is 1. The Labute approximate surface area is 199 Å². The topological polar surface area (TPSA) is 215 Å². The van der Waals surface area contributed by atoms with Crippen LogP contribution >= 0.6 is 11.8 Å². The third-order valence-electron chi connectivity index (χ3n) is 5.07. The van der Waals surface area contributed by atoms with Gasteiger partial charge >= 0.3 is 5.97 Å². The van der Waals surface area contributed by atoms with Gasteiger partial charge in [-0.25, -0.2) is 4.79 Å². The maximum atomic E-state index is 12.8. The minimum absolute atomic E-state index is 0.0430. The van der Waals surface area contributed by atoms with E-state index in [-0.39, 0.29) is 18.3 Å². The number of nitrogens with zero attached hydrogens (tertiary/aromatic N) is 1. The number of carboxylic acids is 1. The number of nitrogens with two attached hydrogens (primary N) is 3. The number of aliphatic imine (C=N–C) groups is 1. The summed E-state index contributed by atoms with van der Waals surface area (Å²) in [6.07, 6.45) is 3.50. The van der Waals surface area contributed by atoms with Gasteiger partial charge in [-0.05, 0) is 44.1 Å². The van der Waals surface area contributed by atoms with Crippen LogP contribution in [0.25, 0.3) is 0 Å². The highest BCUT2D eigenvalue weighted by molar-refractivity contribution is 7.98. The van der Waals surface area contributed by atoms with Gasteiger partial charge in [0.1, 0.15) is 18.1 Å². The van der Waals surface area contributed by atoms with Gasteiger partial charge in [-0.1, -0.05) is 20.3 Å². The normalized spacial score (nSPS) is 15.3.